The van der Waals surface area contributed by atoms with E-state index in [2.05, 4.69) is 17.2 Å². The molecule has 4 aromatic rings. The average molecular weight is 451 g/mol. The predicted octanol–water partition coefficient (Wildman–Crippen LogP) is 6.93. The van der Waals surface area contributed by atoms with Gasteiger partial charge in [0.2, 0.25) is 0 Å². The molecule has 0 saturated carbocycles. The van der Waals surface area contributed by atoms with E-state index in [0.717, 1.165) is 27.6 Å². The number of fused-ring (bicyclic) bond motifs is 1. The van der Waals surface area contributed by atoms with Crippen molar-refractivity contribution in [1.82, 2.24) is 10.3 Å². The largest absolute Gasteiger partial charge is 0.360 e. The molecule has 0 radical (unpaired) electrons. The molecule has 1 heterocycles. The molecule has 2 unspecified atom stereocenters. The van der Waals surface area contributed by atoms with Crippen LogP contribution in [0.4, 0.5) is 0 Å². The number of Topliss-reactive ketones (excluding diaryl/α,β-unsaturated/α-hetero) is 1. The summed E-state index contributed by atoms with van der Waals surface area (Å²) >= 11 is 12.4. The topological polar surface area (TPSA) is 44.9 Å². The average Bonchev–Trinajstić information content (AvgIpc) is 3.20. The monoisotopic (exact) mass is 450 g/mol. The predicted molar refractivity (Wildman–Crippen MR) is 129 cm³/mol. The van der Waals surface area contributed by atoms with Crippen molar-refractivity contribution in [3.05, 3.63) is 105 Å². The Morgan fingerprint density at radius 2 is 1.81 bits per heavy atom. The molecule has 0 bridgehead atoms. The van der Waals surface area contributed by atoms with Gasteiger partial charge in [0, 0.05) is 38.8 Å². The van der Waals surface area contributed by atoms with Crippen molar-refractivity contribution in [2.24, 2.45) is 0 Å². The fourth-order valence-corrected chi connectivity index (χ4v) is 4.48. The highest BCUT2D eigenvalue weighted by molar-refractivity contribution is 6.35. The lowest BCUT2D eigenvalue weighted by atomic mass is 9.95. The Bertz CT molecular complexity index is 1220. The smallest absolute Gasteiger partial charge is 0.186 e. The zero-order valence-corrected chi connectivity index (χ0v) is 19.0. The number of aromatic nitrogens is 1. The summed E-state index contributed by atoms with van der Waals surface area (Å²) in [5.41, 5.74) is 4.73. The van der Waals surface area contributed by atoms with Crippen LogP contribution in [0.5, 0.6) is 0 Å². The first-order valence-corrected chi connectivity index (χ1v) is 11.1. The highest BCUT2D eigenvalue weighted by atomic mass is 35.5. The third-order valence-electron chi connectivity index (χ3n) is 5.58. The number of benzene rings is 3. The molecule has 2 N–H and O–H groups in total. The van der Waals surface area contributed by atoms with Gasteiger partial charge in [0.25, 0.3) is 0 Å². The van der Waals surface area contributed by atoms with Crippen molar-refractivity contribution in [2.45, 2.75) is 32.4 Å². The van der Waals surface area contributed by atoms with Gasteiger partial charge in [-0.25, -0.2) is 0 Å². The minimum Gasteiger partial charge on any atom is -0.360 e. The van der Waals surface area contributed by atoms with E-state index < -0.39 is 6.04 Å². The summed E-state index contributed by atoms with van der Waals surface area (Å²) in [6.45, 7) is 4.10. The van der Waals surface area contributed by atoms with E-state index >= 15 is 0 Å². The Hall–Kier alpha value is -2.59. The van der Waals surface area contributed by atoms with Crippen molar-refractivity contribution < 1.29 is 4.79 Å². The molecule has 0 fully saturated rings. The molecule has 0 aliphatic carbocycles. The number of para-hydroxylation sites is 1. The Labute approximate surface area is 192 Å². The van der Waals surface area contributed by atoms with E-state index in [1.165, 1.54) is 0 Å². The van der Waals surface area contributed by atoms with Gasteiger partial charge in [0.1, 0.15) is 0 Å². The summed E-state index contributed by atoms with van der Waals surface area (Å²) in [5, 5.41) is 5.73. The molecular formula is C26H24Cl2N2O. The molecule has 3 aromatic carbocycles. The molecule has 0 amide bonds. The van der Waals surface area contributed by atoms with E-state index in [4.69, 9.17) is 23.2 Å². The highest BCUT2D eigenvalue weighted by Gasteiger charge is 2.26. The fourth-order valence-electron chi connectivity index (χ4n) is 3.99. The molecular weight excluding hydrogens is 427 g/mol. The lowest BCUT2D eigenvalue weighted by molar-refractivity contribution is 0.0938. The van der Waals surface area contributed by atoms with Gasteiger partial charge in [-0.2, -0.15) is 0 Å². The molecule has 2 atom stereocenters. The van der Waals surface area contributed by atoms with E-state index in [-0.39, 0.29) is 11.8 Å². The first-order chi connectivity index (χ1) is 14.9. The molecule has 0 saturated heterocycles. The molecule has 0 aliphatic heterocycles. The summed E-state index contributed by atoms with van der Waals surface area (Å²) in [7, 11) is 0. The number of carbonyl (C=O) groups excluding carboxylic acids is 1. The second-order valence-corrected chi connectivity index (χ2v) is 8.76. The van der Waals surface area contributed by atoms with Crippen LogP contribution in [0, 0.1) is 6.92 Å². The normalized spacial score (nSPS) is 13.3. The summed E-state index contributed by atoms with van der Waals surface area (Å²) in [5.74, 6) is 0.0390. The van der Waals surface area contributed by atoms with Gasteiger partial charge in [-0.15, -0.1) is 0 Å². The van der Waals surface area contributed by atoms with Crippen molar-refractivity contribution in [3.63, 3.8) is 0 Å². The minimum atomic E-state index is -0.471. The number of halogens is 2. The maximum absolute atomic E-state index is 13.7. The molecule has 0 spiro atoms. The first-order valence-electron chi connectivity index (χ1n) is 10.3. The number of H-pyrrole nitrogens is 1. The second-order valence-electron chi connectivity index (χ2n) is 7.92. The van der Waals surface area contributed by atoms with Crippen LogP contribution in [0.3, 0.4) is 0 Å². The molecule has 1 aromatic heterocycles. The number of rotatable bonds is 7. The quantitative estimate of drug-likeness (QED) is 0.299. The van der Waals surface area contributed by atoms with Crippen molar-refractivity contribution >= 4 is 39.9 Å². The molecule has 3 nitrogen and oxygen atoms in total. The van der Waals surface area contributed by atoms with Crippen LogP contribution in [0.1, 0.15) is 40.0 Å². The van der Waals surface area contributed by atoms with Crippen LogP contribution in [-0.2, 0) is 6.42 Å². The third kappa shape index (κ3) is 4.69. The van der Waals surface area contributed by atoms with Crippen LogP contribution >= 0.6 is 23.2 Å². The SMILES string of the molecule is Cc1cccc2c(C(=O)C(NC(C)Cc3ccc(Cl)cc3Cl)c3ccccc3)c[nH]c12. The van der Waals surface area contributed by atoms with Gasteiger partial charge < -0.3 is 10.3 Å². The maximum Gasteiger partial charge on any atom is 0.186 e. The van der Waals surface area contributed by atoms with Crippen LogP contribution in [0.25, 0.3) is 10.9 Å². The summed E-state index contributed by atoms with van der Waals surface area (Å²) in [4.78, 5) is 17.0. The Morgan fingerprint density at radius 3 is 2.55 bits per heavy atom. The highest BCUT2D eigenvalue weighted by Crippen LogP contribution is 2.28. The standard InChI is InChI=1S/C26H24Cl2N2O/c1-16-7-6-10-21-22(15-29-24(16)21)26(31)25(18-8-4-3-5-9-18)30-17(2)13-19-11-12-20(27)14-23(19)28/h3-12,14-15,17,25,29-30H,13H2,1-2H3. The number of ketones is 1. The third-order valence-corrected chi connectivity index (χ3v) is 6.16. The van der Waals surface area contributed by atoms with Gasteiger partial charge >= 0.3 is 0 Å². The number of carbonyl (C=O) groups is 1. The van der Waals surface area contributed by atoms with Crippen LogP contribution in [0.2, 0.25) is 10.0 Å². The van der Waals surface area contributed by atoms with E-state index in [0.29, 0.717) is 22.0 Å². The number of nitrogens with one attached hydrogen (secondary N) is 2. The maximum atomic E-state index is 13.7. The van der Waals surface area contributed by atoms with Gasteiger partial charge in [-0.1, -0.05) is 77.8 Å². The van der Waals surface area contributed by atoms with Crippen molar-refractivity contribution in [2.75, 3.05) is 0 Å². The van der Waals surface area contributed by atoms with Gasteiger partial charge in [-0.3, -0.25) is 4.79 Å². The fraction of sp³-hybridized carbons (Fsp3) is 0.192. The first kappa shape index (κ1) is 21.6. The van der Waals surface area contributed by atoms with Crippen LogP contribution in [-0.4, -0.2) is 16.8 Å². The van der Waals surface area contributed by atoms with E-state index in [1.807, 2.05) is 73.8 Å². The number of aryl methyl sites for hydroxylation is 1. The lowest BCUT2D eigenvalue weighted by Gasteiger charge is -2.23. The molecule has 5 heteroatoms. The van der Waals surface area contributed by atoms with Gasteiger partial charge in [-0.05, 0) is 49.1 Å². The molecule has 158 valence electrons. The second kappa shape index (κ2) is 9.27. The van der Waals surface area contributed by atoms with Crippen LogP contribution < -0.4 is 5.32 Å². The Balaban J connectivity index is 1.64. The number of hydrogen-bond donors (Lipinski definition) is 2. The van der Waals surface area contributed by atoms with E-state index in [1.54, 1.807) is 6.07 Å². The zero-order chi connectivity index (χ0) is 22.0. The summed E-state index contributed by atoms with van der Waals surface area (Å²) < 4.78 is 0. The number of hydrogen-bond acceptors (Lipinski definition) is 2. The van der Waals surface area contributed by atoms with Gasteiger partial charge in [0.15, 0.2) is 5.78 Å². The lowest BCUT2D eigenvalue weighted by Crippen LogP contribution is -2.36. The van der Waals surface area contributed by atoms with Crippen LogP contribution in [0.15, 0.2) is 72.9 Å². The van der Waals surface area contributed by atoms with Gasteiger partial charge in [0.05, 0.1) is 6.04 Å². The van der Waals surface area contributed by atoms with Crippen molar-refractivity contribution in [1.29, 1.82) is 0 Å². The minimum absolute atomic E-state index is 0.0137. The summed E-state index contributed by atoms with van der Waals surface area (Å²) in [6.07, 6.45) is 2.50. The molecule has 4 rings (SSSR count). The summed E-state index contributed by atoms with van der Waals surface area (Å²) in [6, 6.07) is 20.9. The van der Waals surface area contributed by atoms with E-state index in [9.17, 15) is 4.79 Å². The zero-order valence-electron chi connectivity index (χ0n) is 17.5. The Morgan fingerprint density at radius 1 is 1.03 bits per heavy atom. The Kier molecular flexibility index (Phi) is 6.47. The number of aromatic amines is 1. The molecule has 0 aliphatic rings. The van der Waals surface area contributed by atoms with Crippen molar-refractivity contribution in [3.8, 4) is 0 Å². The molecule has 31 heavy (non-hydrogen) atoms.